The molecule has 2 rings (SSSR count). The van der Waals surface area contributed by atoms with Crippen molar-refractivity contribution in [1.82, 2.24) is 0 Å². The third kappa shape index (κ3) is 10.8. The van der Waals surface area contributed by atoms with Crippen molar-refractivity contribution >= 4 is 29.0 Å². The first kappa shape index (κ1) is 21.6. The van der Waals surface area contributed by atoms with Crippen molar-refractivity contribution in [2.45, 2.75) is 26.7 Å². The predicted octanol–water partition coefficient (Wildman–Crippen LogP) is 4.20. The summed E-state index contributed by atoms with van der Waals surface area (Å²) in [5, 5.41) is 0. The van der Waals surface area contributed by atoms with Gasteiger partial charge in [0.05, 0.1) is 0 Å². The van der Waals surface area contributed by atoms with Crippen LogP contribution in [0.15, 0.2) is 35.5 Å². The van der Waals surface area contributed by atoms with Crippen LogP contribution in [0.4, 0.5) is 0 Å². The van der Waals surface area contributed by atoms with E-state index in [9.17, 15) is 0 Å². The van der Waals surface area contributed by atoms with Crippen LogP contribution in [0.25, 0.3) is 0 Å². The Hall–Kier alpha value is 0.293. The molecule has 88 valence electrons. The molecule has 0 saturated carbocycles. The standard InChI is InChI=1S/C7H9.C5H5.CH2.2ClH.Zr/c1-6-4-3-5-7(6)2;1-2-4-5-3-1;;;;/h4H,3H2,1-2H3;1-3H,4H2;1H2;2*1H;/q2*-1;;;;+2. The van der Waals surface area contributed by atoms with Gasteiger partial charge in [0.2, 0.25) is 0 Å². The minimum atomic E-state index is 0. The van der Waals surface area contributed by atoms with Gasteiger partial charge in [-0.2, -0.15) is 12.2 Å². The van der Waals surface area contributed by atoms with Gasteiger partial charge in [0.1, 0.15) is 0 Å². The van der Waals surface area contributed by atoms with E-state index in [0.717, 1.165) is 12.8 Å². The second-order valence-corrected chi connectivity index (χ2v) is 2.90. The molecule has 2 aliphatic carbocycles. The molecule has 0 aliphatic heterocycles. The summed E-state index contributed by atoms with van der Waals surface area (Å²) in [7, 11) is 0. The molecule has 0 radical (unpaired) electrons. The van der Waals surface area contributed by atoms with Crippen molar-refractivity contribution in [1.29, 1.82) is 0 Å². The van der Waals surface area contributed by atoms with Crippen molar-refractivity contribution < 1.29 is 24.2 Å². The van der Waals surface area contributed by atoms with Crippen molar-refractivity contribution in [3.05, 3.63) is 47.6 Å². The zero-order valence-corrected chi connectivity index (χ0v) is 13.8. The Morgan fingerprint density at radius 1 is 1.19 bits per heavy atom. The summed E-state index contributed by atoms with van der Waals surface area (Å²) in [6.45, 7) is 4.22. The molecule has 2 aliphatic rings. The van der Waals surface area contributed by atoms with Crippen molar-refractivity contribution in [3.63, 3.8) is 0 Å². The summed E-state index contributed by atoms with van der Waals surface area (Å²) in [5.41, 5.74) is 2.71. The van der Waals surface area contributed by atoms with Gasteiger partial charge in [0, 0.05) is 0 Å². The summed E-state index contributed by atoms with van der Waals surface area (Å²) in [6, 6.07) is 0. The fourth-order valence-corrected chi connectivity index (χ4v) is 0.990. The Labute approximate surface area is 127 Å². The van der Waals surface area contributed by atoms with Gasteiger partial charge in [-0.25, -0.2) is 23.3 Å². The van der Waals surface area contributed by atoms with Gasteiger partial charge in [-0.1, -0.05) is 6.92 Å². The first-order valence-electron chi connectivity index (χ1n) is 4.62. The van der Waals surface area contributed by atoms with Crippen LogP contribution in [-0.2, 0) is 24.2 Å². The summed E-state index contributed by atoms with van der Waals surface area (Å²) in [4.78, 5) is 0. The summed E-state index contributed by atoms with van der Waals surface area (Å²) >= 11 is 1.30. The van der Waals surface area contributed by atoms with Crippen LogP contribution in [0.3, 0.4) is 0 Å². The van der Waals surface area contributed by atoms with Crippen molar-refractivity contribution in [2.24, 2.45) is 0 Å². The molecule has 0 saturated heterocycles. The fraction of sp³-hybridized carbons (Fsp3) is 0.308. The van der Waals surface area contributed by atoms with E-state index in [2.05, 4.69) is 42.4 Å². The number of hydrogen-bond donors (Lipinski definition) is 0. The maximum atomic E-state index is 3.34. The van der Waals surface area contributed by atoms with Crippen LogP contribution in [0.2, 0.25) is 0 Å². The molecule has 0 nitrogen and oxygen atoms in total. The first-order valence-corrected chi connectivity index (χ1v) is 6.36. The normalized spacial score (nSPS) is 14.2. The van der Waals surface area contributed by atoms with Crippen LogP contribution in [0.5, 0.6) is 0 Å². The van der Waals surface area contributed by atoms with Gasteiger partial charge in [-0.3, -0.25) is 12.2 Å². The molecule has 0 fully saturated rings. The molecule has 0 unspecified atom stereocenters. The molecule has 0 bridgehead atoms. The third-order valence-corrected chi connectivity index (χ3v) is 1.95. The quantitative estimate of drug-likeness (QED) is 0.582. The molecule has 3 heteroatoms. The molecule has 0 aromatic carbocycles. The van der Waals surface area contributed by atoms with Crippen LogP contribution in [0.1, 0.15) is 26.7 Å². The fourth-order valence-electron chi connectivity index (χ4n) is 0.990. The molecular formula is C13H18Cl2Zr. The monoisotopic (exact) mass is 334 g/mol. The van der Waals surface area contributed by atoms with E-state index in [0.29, 0.717) is 0 Å². The Bertz CT molecular complexity index is 250. The van der Waals surface area contributed by atoms with E-state index in [-0.39, 0.29) is 24.8 Å². The summed E-state index contributed by atoms with van der Waals surface area (Å²) in [5.74, 6) is 0. The molecular weight excluding hydrogens is 318 g/mol. The van der Waals surface area contributed by atoms with Crippen LogP contribution < -0.4 is 0 Å². The van der Waals surface area contributed by atoms with E-state index in [1.165, 1.54) is 35.4 Å². The van der Waals surface area contributed by atoms with Gasteiger partial charge in [-0.15, -0.1) is 44.6 Å². The first-order chi connectivity index (χ1) is 6.80. The van der Waals surface area contributed by atoms with Gasteiger partial charge in [0.25, 0.3) is 0 Å². The van der Waals surface area contributed by atoms with Gasteiger partial charge < -0.3 is 0 Å². The number of hydrogen-bond acceptors (Lipinski definition) is 0. The van der Waals surface area contributed by atoms with Gasteiger partial charge in [0.15, 0.2) is 0 Å². The van der Waals surface area contributed by atoms with Crippen LogP contribution in [0, 0.1) is 12.2 Å². The zero-order valence-electron chi connectivity index (χ0n) is 9.75. The van der Waals surface area contributed by atoms with E-state index in [1.807, 2.05) is 12.2 Å². The van der Waals surface area contributed by atoms with E-state index in [4.69, 9.17) is 0 Å². The molecule has 0 aromatic rings. The second kappa shape index (κ2) is 15.3. The average Bonchev–Trinajstić information content (AvgIpc) is 2.86. The predicted molar refractivity (Wildman–Crippen MR) is 74.0 cm³/mol. The molecule has 0 amide bonds. The van der Waals surface area contributed by atoms with E-state index >= 15 is 0 Å². The SMILES string of the molecule is CC1=[C-]CC=C1C.Cl.Cl.[C-]1=CC=CC1.[CH2]=[Zr+2]. The van der Waals surface area contributed by atoms with Crippen LogP contribution in [-0.4, -0.2) is 4.21 Å². The molecule has 0 atom stereocenters. The molecule has 0 N–H and O–H groups in total. The third-order valence-electron chi connectivity index (χ3n) is 1.95. The topological polar surface area (TPSA) is 0 Å². The van der Waals surface area contributed by atoms with Crippen molar-refractivity contribution in [2.75, 3.05) is 0 Å². The Morgan fingerprint density at radius 3 is 1.94 bits per heavy atom. The second-order valence-electron chi connectivity index (χ2n) is 2.90. The number of allylic oxidation sites excluding steroid dienone is 8. The Kier molecular flexibility index (Phi) is 20.6. The molecule has 0 heterocycles. The van der Waals surface area contributed by atoms with Crippen molar-refractivity contribution in [3.8, 4) is 0 Å². The summed E-state index contributed by atoms with van der Waals surface area (Å²) < 4.78 is 3.34. The molecule has 16 heavy (non-hydrogen) atoms. The van der Waals surface area contributed by atoms with Crippen LogP contribution >= 0.6 is 24.8 Å². The van der Waals surface area contributed by atoms with E-state index < -0.39 is 0 Å². The average molecular weight is 336 g/mol. The van der Waals surface area contributed by atoms with Gasteiger partial charge >= 0.3 is 28.4 Å². The van der Waals surface area contributed by atoms with E-state index in [1.54, 1.807) is 0 Å². The molecule has 0 aromatic heterocycles. The number of halogens is 2. The maximum absolute atomic E-state index is 3.34. The zero-order chi connectivity index (χ0) is 10.8. The molecule has 0 spiro atoms. The Morgan fingerprint density at radius 2 is 1.81 bits per heavy atom. The summed E-state index contributed by atoms with van der Waals surface area (Å²) in [6.07, 6.45) is 16.4. The number of rotatable bonds is 0. The van der Waals surface area contributed by atoms with Gasteiger partial charge in [-0.05, 0) is 0 Å². The Balaban J connectivity index is -0.000000169. The minimum absolute atomic E-state index is 0.